The fourth-order valence-corrected chi connectivity index (χ4v) is 1.77. The van der Waals surface area contributed by atoms with E-state index >= 15 is 0 Å². The van der Waals surface area contributed by atoms with Gasteiger partial charge in [-0.15, -0.1) is 24.8 Å². The number of terminal acetylenes is 1. The number of hydrogen-bond acceptors (Lipinski definition) is 2. The van der Waals surface area contributed by atoms with Crippen LogP contribution in [0.1, 0.15) is 26.2 Å². The van der Waals surface area contributed by atoms with Gasteiger partial charge in [0.1, 0.15) is 0 Å². The van der Waals surface area contributed by atoms with Crippen LogP contribution in [0.5, 0.6) is 0 Å². The molecule has 86 valence electrons. The highest BCUT2D eigenvalue weighted by Crippen LogP contribution is 2.15. The third-order valence-corrected chi connectivity index (χ3v) is 2.56. The molecule has 2 atom stereocenters. The zero-order valence-electron chi connectivity index (χ0n) is 9.08. The predicted octanol–water partition coefficient (Wildman–Crippen LogP) is 0.936. The Morgan fingerprint density at radius 3 is 3.00 bits per heavy atom. The normalized spacial score (nSPS) is 24.8. The number of amides is 1. The summed E-state index contributed by atoms with van der Waals surface area (Å²) < 4.78 is 0. The Hall–Kier alpha value is -0.720. The summed E-state index contributed by atoms with van der Waals surface area (Å²) in [5.74, 6) is 2.84. The molecule has 3 nitrogen and oxygen atoms in total. The molecule has 0 aliphatic carbocycles. The van der Waals surface area contributed by atoms with Crippen LogP contribution >= 0.6 is 12.4 Å². The van der Waals surface area contributed by atoms with Crippen molar-refractivity contribution in [1.82, 2.24) is 10.6 Å². The molecule has 1 fully saturated rings. The van der Waals surface area contributed by atoms with E-state index in [1.807, 2.05) is 0 Å². The van der Waals surface area contributed by atoms with E-state index in [2.05, 4.69) is 23.5 Å². The van der Waals surface area contributed by atoms with Gasteiger partial charge >= 0.3 is 0 Å². The first-order chi connectivity index (χ1) is 6.74. The molecule has 0 radical (unpaired) electrons. The first-order valence-electron chi connectivity index (χ1n) is 5.18. The second-order valence-electron chi connectivity index (χ2n) is 3.82. The molecule has 0 aromatic heterocycles. The van der Waals surface area contributed by atoms with Crippen molar-refractivity contribution >= 4 is 18.3 Å². The fourth-order valence-electron chi connectivity index (χ4n) is 1.77. The number of nitrogens with one attached hydrogen (secondary N) is 2. The number of carbonyl (C=O) groups is 1. The second kappa shape index (κ2) is 7.56. The maximum atomic E-state index is 11.6. The quantitative estimate of drug-likeness (QED) is 0.560. The van der Waals surface area contributed by atoms with E-state index in [4.69, 9.17) is 6.42 Å². The summed E-state index contributed by atoms with van der Waals surface area (Å²) in [6, 6.07) is 0.451. The summed E-state index contributed by atoms with van der Waals surface area (Å²) in [7, 11) is 0. The molecule has 1 amide bonds. The minimum atomic E-state index is 0. The van der Waals surface area contributed by atoms with Crippen LogP contribution in [-0.2, 0) is 4.79 Å². The molecule has 0 aromatic rings. The van der Waals surface area contributed by atoms with E-state index in [0.29, 0.717) is 19.0 Å². The van der Waals surface area contributed by atoms with Crippen LogP contribution in [0.25, 0.3) is 0 Å². The molecule has 0 bridgehead atoms. The van der Waals surface area contributed by atoms with Crippen molar-refractivity contribution in [3.05, 3.63) is 0 Å². The Kier molecular flexibility index (Phi) is 7.19. The number of halogens is 1. The summed E-state index contributed by atoms with van der Waals surface area (Å²) >= 11 is 0. The van der Waals surface area contributed by atoms with Gasteiger partial charge in [0.2, 0.25) is 5.91 Å². The SMILES string of the molecule is C#CCCNC(=O)[C@H]1CCN[C@@H](C)C1.Cl. The molecule has 1 saturated heterocycles. The first-order valence-corrected chi connectivity index (χ1v) is 5.18. The first kappa shape index (κ1) is 14.3. The standard InChI is InChI=1S/C11H18N2O.ClH/c1-3-4-6-13-11(14)10-5-7-12-9(2)8-10;/h1,9-10,12H,4-8H2,2H3,(H,13,14);1H/t9-,10-;/m0./s1. The number of hydrogen-bond donors (Lipinski definition) is 2. The molecule has 1 aliphatic rings. The number of rotatable bonds is 3. The van der Waals surface area contributed by atoms with Gasteiger partial charge in [0.25, 0.3) is 0 Å². The Morgan fingerprint density at radius 2 is 2.40 bits per heavy atom. The van der Waals surface area contributed by atoms with Crippen molar-refractivity contribution < 1.29 is 4.79 Å². The average molecular weight is 231 g/mol. The van der Waals surface area contributed by atoms with E-state index in [0.717, 1.165) is 19.4 Å². The molecule has 0 aromatic carbocycles. The number of carbonyl (C=O) groups excluding carboxylic acids is 1. The van der Waals surface area contributed by atoms with E-state index < -0.39 is 0 Å². The lowest BCUT2D eigenvalue weighted by molar-refractivity contribution is -0.126. The molecule has 1 aliphatic heterocycles. The molecule has 15 heavy (non-hydrogen) atoms. The van der Waals surface area contributed by atoms with Crippen molar-refractivity contribution in [2.24, 2.45) is 5.92 Å². The summed E-state index contributed by atoms with van der Waals surface area (Å²) in [6.45, 7) is 3.66. The van der Waals surface area contributed by atoms with Crippen LogP contribution in [-0.4, -0.2) is 25.0 Å². The maximum absolute atomic E-state index is 11.6. The Morgan fingerprint density at radius 1 is 1.67 bits per heavy atom. The fraction of sp³-hybridized carbons (Fsp3) is 0.727. The van der Waals surface area contributed by atoms with Crippen LogP contribution in [0.4, 0.5) is 0 Å². The lowest BCUT2D eigenvalue weighted by atomic mass is 9.92. The van der Waals surface area contributed by atoms with Crippen LogP contribution in [0.2, 0.25) is 0 Å². The van der Waals surface area contributed by atoms with Crippen molar-refractivity contribution in [3.63, 3.8) is 0 Å². The highest BCUT2D eigenvalue weighted by atomic mass is 35.5. The van der Waals surface area contributed by atoms with E-state index in [1.54, 1.807) is 0 Å². The zero-order chi connectivity index (χ0) is 10.4. The smallest absolute Gasteiger partial charge is 0.223 e. The molecule has 0 unspecified atom stereocenters. The van der Waals surface area contributed by atoms with Crippen molar-refractivity contribution in [2.45, 2.75) is 32.2 Å². The largest absolute Gasteiger partial charge is 0.355 e. The summed E-state index contributed by atoms with van der Waals surface area (Å²) in [4.78, 5) is 11.6. The third kappa shape index (κ3) is 5.06. The minimum absolute atomic E-state index is 0. The Labute approximate surface area is 97.8 Å². The molecule has 0 saturated carbocycles. The third-order valence-electron chi connectivity index (χ3n) is 2.56. The molecular formula is C11H19ClN2O. The van der Waals surface area contributed by atoms with Crippen LogP contribution in [0.15, 0.2) is 0 Å². The van der Waals surface area contributed by atoms with Crippen molar-refractivity contribution in [1.29, 1.82) is 0 Å². The number of piperidine rings is 1. The van der Waals surface area contributed by atoms with Crippen LogP contribution in [0, 0.1) is 18.3 Å². The van der Waals surface area contributed by atoms with Gasteiger partial charge in [-0.3, -0.25) is 4.79 Å². The lowest BCUT2D eigenvalue weighted by Crippen LogP contribution is -2.42. The van der Waals surface area contributed by atoms with Gasteiger partial charge in [-0.2, -0.15) is 0 Å². The van der Waals surface area contributed by atoms with Crippen molar-refractivity contribution in [2.75, 3.05) is 13.1 Å². The van der Waals surface area contributed by atoms with Gasteiger partial charge in [-0.1, -0.05) is 0 Å². The molecule has 4 heteroatoms. The Bertz CT molecular complexity index is 237. The van der Waals surface area contributed by atoms with Gasteiger partial charge in [0, 0.05) is 24.9 Å². The molecule has 1 rings (SSSR count). The van der Waals surface area contributed by atoms with Gasteiger partial charge in [0.05, 0.1) is 0 Å². The van der Waals surface area contributed by atoms with Gasteiger partial charge in [-0.25, -0.2) is 0 Å². The molecule has 2 N–H and O–H groups in total. The van der Waals surface area contributed by atoms with Crippen LogP contribution in [0.3, 0.4) is 0 Å². The zero-order valence-corrected chi connectivity index (χ0v) is 9.90. The maximum Gasteiger partial charge on any atom is 0.223 e. The lowest BCUT2D eigenvalue weighted by Gasteiger charge is -2.26. The highest BCUT2D eigenvalue weighted by Gasteiger charge is 2.23. The summed E-state index contributed by atoms with van der Waals surface area (Å²) in [5.41, 5.74) is 0. The summed E-state index contributed by atoms with van der Waals surface area (Å²) in [6.07, 6.45) is 7.59. The molecule has 1 heterocycles. The van der Waals surface area contributed by atoms with Gasteiger partial charge < -0.3 is 10.6 Å². The summed E-state index contributed by atoms with van der Waals surface area (Å²) in [5, 5.41) is 6.19. The van der Waals surface area contributed by atoms with E-state index in [1.165, 1.54) is 0 Å². The van der Waals surface area contributed by atoms with E-state index in [9.17, 15) is 4.79 Å². The van der Waals surface area contributed by atoms with E-state index in [-0.39, 0.29) is 24.2 Å². The minimum Gasteiger partial charge on any atom is -0.355 e. The van der Waals surface area contributed by atoms with Crippen LogP contribution < -0.4 is 10.6 Å². The monoisotopic (exact) mass is 230 g/mol. The molecular weight excluding hydrogens is 212 g/mol. The molecule has 0 spiro atoms. The Balaban J connectivity index is 0.00000196. The second-order valence-corrected chi connectivity index (χ2v) is 3.82. The predicted molar refractivity (Wildman–Crippen MR) is 63.9 cm³/mol. The highest BCUT2D eigenvalue weighted by molar-refractivity contribution is 5.85. The average Bonchev–Trinajstić information content (AvgIpc) is 2.18. The topological polar surface area (TPSA) is 41.1 Å². The van der Waals surface area contributed by atoms with Gasteiger partial charge in [-0.05, 0) is 26.3 Å². The van der Waals surface area contributed by atoms with Crippen molar-refractivity contribution in [3.8, 4) is 12.3 Å². The van der Waals surface area contributed by atoms with Gasteiger partial charge in [0.15, 0.2) is 0 Å².